The number of hydrogen-bond donors (Lipinski definition) is 3. The molecule has 5 nitrogen and oxygen atoms in total. The van der Waals surface area contributed by atoms with Gasteiger partial charge in [0.2, 0.25) is 0 Å². The van der Waals surface area contributed by atoms with Crippen LogP contribution < -0.4 is 15.8 Å². The van der Waals surface area contributed by atoms with E-state index in [1.807, 2.05) is 24.3 Å². The first-order valence-electron chi connectivity index (χ1n) is 6.76. The minimum atomic E-state index is -1.25. The number of aliphatic hydroxyl groups is 1. The molecule has 116 valence electrons. The molecule has 0 fully saturated rings. The Morgan fingerprint density at radius 1 is 1.35 bits per heavy atom. The van der Waals surface area contributed by atoms with Gasteiger partial charge in [0.15, 0.2) is 10.1 Å². The molecule has 2 aliphatic heterocycles. The van der Waals surface area contributed by atoms with Crippen LogP contribution >= 0.6 is 15.9 Å². The first-order chi connectivity index (χ1) is 11.0. The van der Waals surface area contributed by atoms with Gasteiger partial charge in [-0.05, 0) is 33.2 Å². The number of benzene rings is 1. The molecule has 1 aliphatic carbocycles. The molecule has 2 unspecified atom stereocenters. The standard InChI is InChI=1S/C16H10BrNO4S/c17-8-5-12-13(7-3-1-2-4-11(7)23(12)22)14-10(19)6-9(16(20)21)18-15(8)14/h1-6,11,18-19H,(H,20,21). The van der Waals surface area contributed by atoms with Gasteiger partial charge in [-0.25, -0.2) is 4.79 Å². The number of aliphatic hydroxyl groups excluding tert-OH is 1. The fourth-order valence-corrected chi connectivity index (χ4v) is 5.28. The average molecular weight is 392 g/mol. The topological polar surface area (TPSA) is 92.6 Å². The fraction of sp³-hybridized carbons (Fsp3) is 0.0625. The molecule has 0 saturated carbocycles. The number of rotatable bonds is 1. The number of hydrogen-bond acceptors (Lipinski definition) is 4. The summed E-state index contributed by atoms with van der Waals surface area (Å²) in [5.74, 6) is -1.31. The molecule has 1 aromatic carbocycles. The number of halogens is 1. The largest absolute Gasteiger partial charge is 0.611 e. The van der Waals surface area contributed by atoms with Crippen LogP contribution in [0.1, 0.15) is 0 Å². The zero-order valence-corrected chi connectivity index (χ0v) is 13.9. The summed E-state index contributed by atoms with van der Waals surface area (Å²) in [5.41, 5.74) is 1.22. The number of carbonyl (C=O) groups is 1. The van der Waals surface area contributed by atoms with E-state index >= 15 is 0 Å². The Labute approximate surface area is 142 Å². The van der Waals surface area contributed by atoms with Crippen LogP contribution in [0.3, 0.4) is 0 Å². The minimum Gasteiger partial charge on any atom is -0.611 e. The Hall–Kier alpha value is -1.96. The van der Waals surface area contributed by atoms with Gasteiger partial charge in [-0.1, -0.05) is 18.2 Å². The second-order valence-corrected chi connectivity index (χ2v) is 7.67. The first kappa shape index (κ1) is 14.6. The summed E-state index contributed by atoms with van der Waals surface area (Å²) < 4.78 is 13.3. The number of nitrogens with one attached hydrogen (secondary N) is 1. The summed E-state index contributed by atoms with van der Waals surface area (Å²) in [6.45, 7) is 0. The van der Waals surface area contributed by atoms with Gasteiger partial charge in [0, 0.05) is 22.2 Å². The molecule has 4 rings (SSSR count). The smallest absolute Gasteiger partial charge is 0.352 e. The van der Waals surface area contributed by atoms with Gasteiger partial charge in [0.25, 0.3) is 0 Å². The molecule has 0 aromatic heterocycles. The van der Waals surface area contributed by atoms with Crippen molar-refractivity contribution >= 4 is 50.1 Å². The molecule has 0 radical (unpaired) electrons. The highest BCUT2D eigenvalue weighted by atomic mass is 79.9. The van der Waals surface area contributed by atoms with E-state index in [1.165, 1.54) is 6.08 Å². The summed E-state index contributed by atoms with van der Waals surface area (Å²) in [6, 6.07) is 1.72. The molecule has 7 heteroatoms. The Morgan fingerprint density at radius 3 is 2.87 bits per heavy atom. The predicted octanol–water partition coefficient (Wildman–Crippen LogP) is 1.28. The molecule has 3 aliphatic rings. The van der Waals surface area contributed by atoms with Crippen LogP contribution in [-0.4, -0.2) is 26.0 Å². The molecule has 0 spiro atoms. The lowest BCUT2D eigenvalue weighted by Crippen LogP contribution is -2.36. The highest BCUT2D eigenvalue weighted by Gasteiger charge is 2.37. The van der Waals surface area contributed by atoms with Gasteiger partial charge >= 0.3 is 5.97 Å². The van der Waals surface area contributed by atoms with E-state index in [-0.39, 0.29) is 16.7 Å². The Morgan fingerprint density at radius 2 is 2.13 bits per heavy atom. The summed E-state index contributed by atoms with van der Waals surface area (Å²) >= 11 is 2.13. The van der Waals surface area contributed by atoms with Crippen molar-refractivity contribution in [3.8, 4) is 0 Å². The molecule has 0 bridgehead atoms. The Bertz CT molecular complexity index is 977. The molecule has 2 atom stereocenters. The third-order valence-electron chi connectivity index (χ3n) is 3.99. The number of anilines is 1. The zero-order chi connectivity index (χ0) is 16.3. The summed E-state index contributed by atoms with van der Waals surface area (Å²) in [4.78, 5) is 11.8. The molecule has 2 heterocycles. The van der Waals surface area contributed by atoms with E-state index in [0.717, 1.165) is 5.57 Å². The van der Waals surface area contributed by atoms with Gasteiger partial charge in [0.1, 0.15) is 11.5 Å². The van der Waals surface area contributed by atoms with Crippen LogP contribution in [0.5, 0.6) is 0 Å². The monoisotopic (exact) mass is 391 g/mol. The third-order valence-corrected chi connectivity index (χ3v) is 6.24. The normalized spacial score (nSPS) is 23.8. The van der Waals surface area contributed by atoms with E-state index in [0.29, 0.717) is 25.5 Å². The predicted molar refractivity (Wildman–Crippen MR) is 90.7 cm³/mol. The molecule has 1 aromatic rings. The van der Waals surface area contributed by atoms with Crippen molar-refractivity contribution in [1.82, 2.24) is 0 Å². The fourth-order valence-electron chi connectivity index (χ4n) is 3.02. The van der Waals surface area contributed by atoms with Crippen molar-refractivity contribution < 1.29 is 19.6 Å². The van der Waals surface area contributed by atoms with Gasteiger partial charge in [-0.15, -0.1) is 0 Å². The number of fused-ring (bicyclic) bond motifs is 4. The van der Waals surface area contributed by atoms with E-state index < -0.39 is 17.1 Å². The summed E-state index contributed by atoms with van der Waals surface area (Å²) in [7, 11) is 0. The van der Waals surface area contributed by atoms with Crippen LogP contribution in [0.25, 0.3) is 11.3 Å². The SMILES string of the molecule is O=C(O)C1=CC(O)=c2c(c(Br)cc3c2=C2C=CC=CC2[S+]3[O-])N1. The number of allylic oxidation sites excluding steroid dienone is 3. The lowest BCUT2D eigenvalue weighted by Gasteiger charge is -2.16. The number of carboxylic acid groups (broad SMARTS) is 1. The van der Waals surface area contributed by atoms with Gasteiger partial charge in [-0.2, -0.15) is 0 Å². The maximum atomic E-state index is 12.7. The zero-order valence-electron chi connectivity index (χ0n) is 11.5. The number of aliphatic carboxylic acids is 1. The van der Waals surface area contributed by atoms with E-state index in [4.69, 9.17) is 5.11 Å². The van der Waals surface area contributed by atoms with Crippen LogP contribution in [0.2, 0.25) is 0 Å². The maximum absolute atomic E-state index is 12.7. The van der Waals surface area contributed by atoms with Crippen molar-refractivity contribution in [2.75, 3.05) is 5.32 Å². The van der Waals surface area contributed by atoms with E-state index in [1.54, 1.807) is 6.07 Å². The van der Waals surface area contributed by atoms with E-state index in [2.05, 4.69) is 21.2 Å². The molecule has 0 amide bonds. The van der Waals surface area contributed by atoms with Crippen LogP contribution in [0, 0.1) is 0 Å². The van der Waals surface area contributed by atoms with Gasteiger partial charge in [0.05, 0.1) is 16.1 Å². The van der Waals surface area contributed by atoms with Crippen molar-refractivity contribution in [1.29, 1.82) is 0 Å². The molecule has 23 heavy (non-hydrogen) atoms. The van der Waals surface area contributed by atoms with E-state index in [9.17, 15) is 14.5 Å². The van der Waals surface area contributed by atoms with Crippen LogP contribution in [0.4, 0.5) is 5.69 Å². The summed E-state index contributed by atoms with van der Waals surface area (Å²) in [6.07, 6.45) is 8.64. The lowest BCUT2D eigenvalue weighted by atomic mass is 10.0. The Balaban J connectivity index is 2.16. The first-order valence-corrected chi connectivity index (χ1v) is 8.77. The van der Waals surface area contributed by atoms with Crippen molar-refractivity contribution in [2.45, 2.75) is 10.1 Å². The molecular weight excluding hydrogens is 382 g/mol. The van der Waals surface area contributed by atoms with Crippen molar-refractivity contribution in [2.24, 2.45) is 0 Å². The van der Waals surface area contributed by atoms with Crippen molar-refractivity contribution in [3.63, 3.8) is 0 Å². The van der Waals surface area contributed by atoms with Gasteiger partial charge < -0.3 is 20.1 Å². The lowest BCUT2D eigenvalue weighted by molar-refractivity contribution is -0.132. The number of carboxylic acids is 1. The van der Waals surface area contributed by atoms with Crippen LogP contribution in [-0.2, 0) is 16.0 Å². The second kappa shape index (κ2) is 5.02. The highest BCUT2D eigenvalue weighted by molar-refractivity contribution is 9.10. The maximum Gasteiger partial charge on any atom is 0.352 e. The Kier molecular flexibility index (Phi) is 3.19. The molecule has 0 saturated heterocycles. The average Bonchev–Trinajstić information content (AvgIpc) is 2.80. The van der Waals surface area contributed by atoms with Crippen LogP contribution in [0.15, 0.2) is 51.5 Å². The van der Waals surface area contributed by atoms with Crippen molar-refractivity contribution in [3.05, 3.63) is 57.1 Å². The molecule has 3 N–H and O–H groups in total. The quantitative estimate of drug-likeness (QED) is 0.627. The van der Waals surface area contributed by atoms with Gasteiger partial charge in [-0.3, -0.25) is 0 Å². The second-order valence-electron chi connectivity index (χ2n) is 5.27. The molecular formula is C16H10BrNO4S. The summed E-state index contributed by atoms with van der Waals surface area (Å²) in [5, 5.41) is 23.3. The highest BCUT2D eigenvalue weighted by Crippen LogP contribution is 2.33. The minimum absolute atomic E-state index is 0.115. The third kappa shape index (κ3) is 2.00.